The van der Waals surface area contributed by atoms with Gasteiger partial charge in [0.15, 0.2) is 11.5 Å². The molecule has 0 fully saturated rings. The van der Waals surface area contributed by atoms with Crippen molar-refractivity contribution in [1.29, 1.82) is 0 Å². The largest absolute Gasteiger partial charge is 0.476 e. The van der Waals surface area contributed by atoms with Crippen molar-refractivity contribution >= 4 is 5.97 Å². The lowest BCUT2D eigenvalue weighted by Gasteiger charge is -2.08. The molecule has 0 aromatic carbocycles. The van der Waals surface area contributed by atoms with E-state index in [4.69, 9.17) is 9.63 Å². The lowest BCUT2D eigenvalue weighted by atomic mass is 10.3. The van der Waals surface area contributed by atoms with Gasteiger partial charge in [-0.1, -0.05) is 5.16 Å². The Balaban J connectivity index is 2.29. The number of aromatic nitrogens is 1. The molecule has 1 rings (SSSR count). The number of carboxylic acid groups (broad SMARTS) is 1. The summed E-state index contributed by atoms with van der Waals surface area (Å²) in [6, 6.07) is 1.42. The number of carboxylic acids is 1. The quantitative estimate of drug-likeness (QED) is 0.649. The van der Waals surface area contributed by atoms with Gasteiger partial charge >= 0.3 is 5.97 Å². The highest BCUT2D eigenvalue weighted by atomic mass is 16.5. The summed E-state index contributed by atoms with van der Waals surface area (Å²) in [5.41, 5.74) is -0.0561. The van der Waals surface area contributed by atoms with Crippen LogP contribution in [0.5, 0.6) is 0 Å². The Labute approximate surface area is 87.9 Å². The molecule has 1 aromatic rings. The fraction of sp³-hybridized carbons (Fsp3) is 0.556. The first-order chi connectivity index (χ1) is 7.09. The average molecular weight is 213 g/mol. The molecule has 0 radical (unpaired) electrons. The molecule has 2 N–H and O–H groups in total. The van der Waals surface area contributed by atoms with Crippen LogP contribution in [0.15, 0.2) is 10.6 Å². The fourth-order valence-corrected chi connectivity index (χ4v) is 1.01. The van der Waals surface area contributed by atoms with E-state index in [1.165, 1.54) is 6.07 Å². The fourth-order valence-electron chi connectivity index (χ4n) is 1.01. The van der Waals surface area contributed by atoms with E-state index in [1.54, 1.807) is 0 Å². The van der Waals surface area contributed by atoms with Gasteiger partial charge in [0.25, 0.3) is 0 Å². The van der Waals surface area contributed by atoms with Crippen LogP contribution in [0.25, 0.3) is 0 Å². The molecule has 0 aliphatic rings. The van der Waals surface area contributed by atoms with Gasteiger partial charge < -0.3 is 19.8 Å². The third-order valence-corrected chi connectivity index (χ3v) is 1.81. The molecule has 0 unspecified atom stereocenters. The number of aromatic carboxylic acids is 1. The first-order valence-electron chi connectivity index (χ1n) is 4.64. The van der Waals surface area contributed by atoms with E-state index in [0.717, 1.165) is 13.1 Å². The predicted molar refractivity (Wildman–Crippen MR) is 53.7 cm³/mol. The third-order valence-electron chi connectivity index (χ3n) is 1.81. The van der Waals surface area contributed by atoms with Gasteiger partial charge in [0.2, 0.25) is 0 Å². The minimum absolute atomic E-state index is 0.0561. The molecular weight excluding hydrogens is 198 g/mol. The predicted octanol–water partition coefficient (Wildman–Crippen LogP) is 0.0240. The molecule has 1 aromatic heterocycles. The molecule has 0 amide bonds. The van der Waals surface area contributed by atoms with E-state index in [0.29, 0.717) is 12.3 Å². The van der Waals surface area contributed by atoms with Crippen LogP contribution in [0.2, 0.25) is 0 Å². The summed E-state index contributed by atoms with van der Waals surface area (Å²) in [7, 11) is 3.97. The third kappa shape index (κ3) is 4.09. The maximum Gasteiger partial charge on any atom is 0.358 e. The van der Waals surface area contributed by atoms with Crippen LogP contribution in [0.1, 0.15) is 16.2 Å². The minimum Gasteiger partial charge on any atom is -0.476 e. The summed E-state index contributed by atoms with van der Waals surface area (Å²) < 4.78 is 4.83. The second-order valence-corrected chi connectivity index (χ2v) is 3.46. The number of nitrogens with zero attached hydrogens (tertiary/aromatic N) is 2. The molecule has 6 heteroatoms. The zero-order valence-electron chi connectivity index (χ0n) is 8.86. The molecule has 0 aliphatic heterocycles. The smallest absolute Gasteiger partial charge is 0.358 e. The van der Waals surface area contributed by atoms with Crippen molar-refractivity contribution < 1.29 is 14.4 Å². The van der Waals surface area contributed by atoms with E-state index < -0.39 is 5.97 Å². The molecule has 0 saturated heterocycles. The summed E-state index contributed by atoms with van der Waals surface area (Å²) in [6.07, 6.45) is 0. The Kier molecular flexibility index (Phi) is 4.26. The van der Waals surface area contributed by atoms with E-state index in [2.05, 4.69) is 15.4 Å². The normalized spacial score (nSPS) is 10.9. The minimum atomic E-state index is -1.07. The molecule has 0 saturated carbocycles. The Morgan fingerprint density at radius 1 is 1.67 bits per heavy atom. The van der Waals surface area contributed by atoms with Crippen molar-refractivity contribution in [3.05, 3.63) is 17.5 Å². The number of nitrogens with one attached hydrogen (secondary N) is 1. The highest BCUT2D eigenvalue weighted by Crippen LogP contribution is 2.02. The van der Waals surface area contributed by atoms with Crippen LogP contribution in [-0.4, -0.2) is 48.3 Å². The lowest BCUT2D eigenvalue weighted by molar-refractivity contribution is 0.0685. The van der Waals surface area contributed by atoms with Gasteiger partial charge in [-0.2, -0.15) is 0 Å². The first kappa shape index (κ1) is 11.7. The monoisotopic (exact) mass is 213 g/mol. The SMILES string of the molecule is CN(C)CCNCc1cc(C(=O)O)no1. The standard InChI is InChI=1S/C9H15N3O3/c1-12(2)4-3-10-6-7-5-8(9(13)14)11-15-7/h5,10H,3-4,6H2,1-2H3,(H,13,14). The van der Waals surface area contributed by atoms with Crippen LogP contribution in [-0.2, 0) is 6.54 Å². The van der Waals surface area contributed by atoms with Gasteiger partial charge in [-0.25, -0.2) is 4.79 Å². The molecule has 6 nitrogen and oxygen atoms in total. The molecular formula is C9H15N3O3. The molecule has 0 spiro atoms. The topological polar surface area (TPSA) is 78.6 Å². The van der Waals surface area contributed by atoms with Crippen molar-refractivity contribution in [2.75, 3.05) is 27.2 Å². The van der Waals surface area contributed by atoms with Gasteiger partial charge in [-0.05, 0) is 14.1 Å². The van der Waals surface area contributed by atoms with Crippen LogP contribution in [0, 0.1) is 0 Å². The van der Waals surface area contributed by atoms with Gasteiger partial charge in [-0.3, -0.25) is 0 Å². The maximum atomic E-state index is 10.5. The average Bonchev–Trinajstić information content (AvgIpc) is 2.60. The number of likely N-dealkylation sites (N-methyl/N-ethyl adjacent to an activating group) is 1. The van der Waals surface area contributed by atoms with Crippen molar-refractivity contribution in [3.8, 4) is 0 Å². The van der Waals surface area contributed by atoms with Crippen LogP contribution < -0.4 is 5.32 Å². The summed E-state index contributed by atoms with van der Waals surface area (Å²) in [6.45, 7) is 2.23. The van der Waals surface area contributed by atoms with Crippen LogP contribution >= 0.6 is 0 Å². The Morgan fingerprint density at radius 3 is 2.93 bits per heavy atom. The van der Waals surface area contributed by atoms with Crippen molar-refractivity contribution in [3.63, 3.8) is 0 Å². The van der Waals surface area contributed by atoms with Crippen LogP contribution in [0.3, 0.4) is 0 Å². The molecule has 84 valence electrons. The van der Waals surface area contributed by atoms with E-state index in [1.807, 2.05) is 14.1 Å². The number of hydrogen-bond donors (Lipinski definition) is 2. The number of hydrogen-bond acceptors (Lipinski definition) is 5. The summed E-state index contributed by atoms with van der Waals surface area (Å²) in [5.74, 6) is -0.538. The summed E-state index contributed by atoms with van der Waals surface area (Å²) >= 11 is 0. The van der Waals surface area contributed by atoms with Gasteiger partial charge in [0.1, 0.15) is 0 Å². The molecule has 1 heterocycles. The number of carbonyl (C=O) groups is 1. The van der Waals surface area contributed by atoms with E-state index >= 15 is 0 Å². The Bertz CT molecular complexity index is 322. The zero-order valence-corrected chi connectivity index (χ0v) is 8.86. The van der Waals surface area contributed by atoms with E-state index in [9.17, 15) is 4.79 Å². The molecule has 0 aliphatic carbocycles. The summed E-state index contributed by atoms with van der Waals surface area (Å²) in [5, 5.41) is 15.1. The second-order valence-electron chi connectivity index (χ2n) is 3.46. The van der Waals surface area contributed by atoms with Gasteiger partial charge in [0.05, 0.1) is 6.54 Å². The summed E-state index contributed by atoms with van der Waals surface area (Å²) in [4.78, 5) is 12.5. The Hall–Kier alpha value is -1.40. The van der Waals surface area contributed by atoms with Gasteiger partial charge in [0, 0.05) is 19.2 Å². The van der Waals surface area contributed by atoms with Crippen molar-refractivity contribution in [1.82, 2.24) is 15.4 Å². The molecule has 0 atom stereocenters. The highest BCUT2D eigenvalue weighted by Gasteiger charge is 2.09. The first-order valence-corrected chi connectivity index (χ1v) is 4.64. The van der Waals surface area contributed by atoms with Crippen molar-refractivity contribution in [2.45, 2.75) is 6.54 Å². The Morgan fingerprint density at radius 2 is 2.40 bits per heavy atom. The van der Waals surface area contributed by atoms with Crippen molar-refractivity contribution in [2.24, 2.45) is 0 Å². The number of rotatable bonds is 6. The van der Waals surface area contributed by atoms with Crippen LogP contribution in [0.4, 0.5) is 0 Å². The lowest BCUT2D eigenvalue weighted by Crippen LogP contribution is -2.26. The van der Waals surface area contributed by atoms with Gasteiger partial charge in [-0.15, -0.1) is 0 Å². The van der Waals surface area contributed by atoms with E-state index in [-0.39, 0.29) is 5.69 Å². The molecule has 0 bridgehead atoms. The zero-order chi connectivity index (χ0) is 11.3. The molecule has 15 heavy (non-hydrogen) atoms. The highest BCUT2D eigenvalue weighted by molar-refractivity contribution is 5.85. The maximum absolute atomic E-state index is 10.5. The second kappa shape index (κ2) is 5.47.